The van der Waals surface area contributed by atoms with Crippen LogP contribution in [-0.4, -0.2) is 33.7 Å². The second-order valence-corrected chi connectivity index (χ2v) is 5.98. The van der Waals surface area contributed by atoms with E-state index in [0.717, 1.165) is 5.39 Å². The first-order valence-corrected chi connectivity index (χ1v) is 8.14. The summed E-state index contributed by atoms with van der Waals surface area (Å²) in [4.78, 5) is 13.2. The van der Waals surface area contributed by atoms with Crippen molar-refractivity contribution in [2.75, 3.05) is 27.9 Å². The number of ketones is 1. The zero-order valence-electron chi connectivity index (χ0n) is 14.7. The van der Waals surface area contributed by atoms with E-state index in [-0.39, 0.29) is 12.4 Å². The number of fused-ring (bicyclic) bond motifs is 2. The lowest BCUT2D eigenvalue weighted by molar-refractivity contribution is 0.0894. The average Bonchev–Trinajstić information content (AvgIpc) is 3.13. The highest BCUT2D eigenvalue weighted by Gasteiger charge is 2.33. The van der Waals surface area contributed by atoms with Crippen LogP contribution < -0.4 is 18.9 Å². The second kappa shape index (κ2) is 6.29. The fourth-order valence-electron chi connectivity index (χ4n) is 3.30. The Morgan fingerprint density at radius 2 is 1.69 bits per heavy atom. The van der Waals surface area contributed by atoms with E-state index >= 15 is 0 Å². The minimum atomic E-state index is -0.499. The van der Waals surface area contributed by atoms with Crippen molar-refractivity contribution in [2.24, 2.45) is 0 Å². The van der Waals surface area contributed by atoms with E-state index in [2.05, 4.69) is 0 Å². The number of furan rings is 1. The highest BCUT2D eigenvalue weighted by atomic mass is 16.5. The number of Topliss-reactive ketones (excluding diaryl/α,β-unsaturated/α-hetero) is 1. The molecule has 0 saturated heterocycles. The maximum absolute atomic E-state index is 13.2. The quantitative estimate of drug-likeness (QED) is 0.710. The molecule has 0 radical (unpaired) electrons. The Morgan fingerprint density at radius 3 is 2.42 bits per heavy atom. The molecule has 4 rings (SSSR count). The Labute approximate surface area is 150 Å². The first kappa shape index (κ1) is 16.3. The van der Waals surface area contributed by atoms with Gasteiger partial charge in [0.05, 0.1) is 39.1 Å². The molecule has 134 valence electrons. The fourth-order valence-corrected chi connectivity index (χ4v) is 3.30. The molecular formula is C20H18O6. The summed E-state index contributed by atoms with van der Waals surface area (Å²) >= 11 is 0. The summed E-state index contributed by atoms with van der Waals surface area (Å²) in [6.45, 7) is 0.212. The lowest BCUT2D eigenvalue weighted by Crippen LogP contribution is -2.26. The molecule has 1 aliphatic rings. The molecule has 0 amide bonds. The number of benzene rings is 2. The summed E-state index contributed by atoms with van der Waals surface area (Å²) in [5.41, 5.74) is 1.93. The largest absolute Gasteiger partial charge is 0.496 e. The molecule has 0 saturated carbocycles. The van der Waals surface area contributed by atoms with Gasteiger partial charge in [0.25, 0.3) is 0 Å². The van der Waals surface area contributed by atoms with Gasteiger partial charge in [-0.2, -0.15) is 0 Å². The molecule has 2 heterocycles. The predicted molar refractivity (Wildman–Crippen MR) is 94.9 cm³/mol. The van der Waals surface area contributed by atoms with Gasteiger partial charge in [-0.05, 0) is 18.2 Å². The SMILES string of the molecule is COc1cc(OC)c([C@H]2COc3cc4occc4cc3C2=O)cc1OC. The topological polar surface area (TPSA) is 67.1 Å². The smallest absolute Gasteiger partial charge is 0.177 e. The van der Waals surface area contributed by atoms with Crippen LogP contribution in [0.2, 0.25) is 0 Å². The summed E-state index contributed by atoms with van der Waals surface area (Å²) in [6, 6.07) is 8.87. The van der Waals surface area contributed by atoms with Gasteiger partial charge in [0.15, 0.2) is 17.3 Å². The van der Waals surface area contributed by atoms with Gasteiger partial charge in [-0.3, -0.25) is 4.79 Å². The Kier molecular flexibility index (Phi) is 3.95. The number of carbonyl (C=O) groups is 1. The number of rotatable bonds is 4. The summed E-state index contributed by atoms with van der Waals surface area (Å²) < 4.78 is 27.4. The van der Waals surface area contributed by atoms with Gasteiger partial charge in [-0.1, -0.05) is 0 Å². The highest BCUT2D eigenvalue weighted by Crippen LogP contribution is 2.42. The number of ether oxygens (including phenoxy) is 4. The fraction of sp³-hybridized carbons (Fsp3) is 0.250. The molecule has 1 atom stereocenters. The van der Waals surface area contributed by atoms with Gasteiger partial charge < -0.3 is 23.4 Å². The summed E-state index contributed by atoms with van der Waals surface area (Å²) in [5.74, 6) is 1.64. The van der Waals surface area contributed by atoms with Crippen LogP contribution in [-0.2, 0) is 0 Å². The van der Waals surface area contributed by atoms with E-state index in [9.17, 15) is 4.79 Å². The third-order valence-electron chi connectivity index (χ3n) is 4.65. The van der Waals surface area contributed by atoms with Crippen LogP contribution in [0.3, 0.4) is 0 Å². The van der Waals surface area contributed by atoms with Gasteiger partial charge in [0.2, 0.25) is 0 Å². The van der Waals surface area contributed by atoms with E-state index in [0.29, 0.717) is 39.7 Å². The van der Waals surface area contributed by atoms with Crippen molar-refractivity contribution in [1.82, 2.24) is 0 Å². The normalized spacial score (nSPS) is 16.1. The third kappa shape index (κ3) is 2.45. The van der Waals surface area contributed by atoms with Crippen molar-refractivity contribution in [3.8, 4) is 23.0 Å². The van der Waals surface area contributed by atoms with E-state index in [1.165, 1.54) is 0 Å². The molecule has 6 nitrogen and oxygen atoms in total. The molecule has 0 unspecified atom stereocenters. The lowest BCUT2D eigenvalue weighted by Gasteiger charge is -2.26. The number of methoxy groups -OCH3 is 3. The van der Waals surface area contributed by atoms with E-state index in [4.69, 9.17) is 23.4 Å². The Hall–Kier alpha value is -3.15. The summed E-state index contributed by atoms with van der Waals surface area (Å²) in [7, 11) is 4.67. The molecule has 1 aliphatic heterocycles. The molecule has 0 fully saturated rings. The van der Waals surface area contributed by atoms with Crippen LogP contribution in [0.1, 0.15) is 21.8 Å². The molecule has 0 aliphatic carbocycles. The Bertz CT molecular complexity index is 987. The van der Waals surface area contributed by atoms with Crippen LogP contribution in [0.25, 0.3) is 11.0 Å². The zero-order chi connectivity index (χ0) is 18.3. The second-order valence-electron chi connectivity index (χ2n) is 5.98. The van der Waals surface area contributed by atoms with Crippen molar-refractivity contribution in [3.63, 3.8) is 0 Å². The standard InChI is InChI=1S/C20H18O6/c1-22-16-9-19(24-3)18(23-2)7-12(16)14-10-26-17-8-15-11(4-5-25-15)6-13(17)20(14)21/h4-9,14H,10H2,1-3H3/t14-/m1/s1. The molecule has 26 heavy (non-hydrogen) atoms. The third-order valence-corrected chi connectivity index (χ3v) is 4.65. The first-order valence-electron chi connectivity index (χ1n) is 8.14. The van der Waals surface area contributed by atoms with E-state index in [1.54, 1.807) is 51.9 Å². The molecule has 6 heteroatoms. The van der Waals surface area contributed by atoms with Crippen molar-refractivity contribution in [1.29, 1.82) is 0 Å². The summed E-state index contributed by atoms with van der Waals surface area (Å²) in [6.07, 6.45) is 1.59. The molecule has 3 aromatic rings. The van der Waals surface area contributed by atoms with Gasteiger partial charge in [-0.15, -0.1) is 0 Å². The number of carbonyl (C=O) groups excluding carboxylic acids is 1. The van der Waals surface area contributed by atoms with Crippen molar-refractivity contribution in [3.05, 3.63) is 47.7 Å². The molecule has 0 spiro atoms. The van der Waals surface area contributed by atoms with Crippen LogP contribution in [0, 0.1) is 0 Å². The lowest BCUT2D eigenvalue weighted by atomic mass is 9.87. The number of hydrogen-bond donors (Lipinski definition) is 0. The monoisotopic (exact) mass is 354 g/mol. The van der Waals surface area contributed by atoms with Crippen LogP contribution in [0.5, 0.6) is 23.0 Å². The van der Waals surface area contributed by atoms with Gasteiger partial charge in [-0.25, -0.2) is 0 Å². The highest BCUT2D eigenvalue weighted by molar-refractivity contribution is 6.07. The van der Waals surface area contributed by atoms with Crippen LogP contribution in [0.15, 0.2) is 41.0 Å². The van der Waals surface area contributed by atoms with Gasteiger partial charge >= 0.3 is 0 Å². The minimum Gasteiger partial charge on any atom is -0.496 e. The Morgan fingerprint density at radius 1 is 0.962 bits per heavy atom. The van der Waals surface area contributed by atoms with Crippen LogP contribution in [0.4, 0.5) is 0 Å². The first-order chi connectivity index (χ1) is 12.7. The zero-order valence-corrected chi connectivity index (χ0v) is 14.7. The van der Waals surface area contributed by atoms with Crippen molar-refractivity contribution < 1.29 is 28.2 Å². The predicted octanol–water partition coefficient (Wildman–Crippen LogP) is 3.82. The number of hydrogen-bond acceptors (Lipinski definition) is 6. The molecule has 1 aromatic heterocycles. The molecule has 2 aromatic carbocycles. The maximum Gasteiger partial charge on any atom is 0.177 e. The van der Waals surface area contributed by atoms with Crippen molar-refractivity contribution >= 4 is 16.8 Å². The van der Waals surface area contributed by atoms with Gasteiger partial charge in [0.1, 0.15) is 23.7 Å². The maximum atomic E-state index is 13.2. The minimum absolute atomic E-state index is 0.0279. The van der Waals surface area contributed by atoms with E-state index < -0.39 is 5.92 Å². The molecular weight excluding hydrogens is 336 g/mol. The average molecular weight is 354 g/mol. The van der Waals surface area contributed by atoms with Crippen LogP contribution >= 0.6 is 0 Å². The van der Waals surface area contributed by atoms with E-state index in [1.807, 2.05) is 6.07 Å². The molecule has 0 N–H and O–H groups in total. The summed E-state index contributed by atoms with van der Waals surface area (Å²) in [5, 5.41) is 0.862. The van der Waals surface area contributed by atoms with Crippen molar-refractivity contribution in [2.45, 2.75) is 5.92 Å². The Balaban J connectivity index is 1.80. The van der Waals surface area contributed by atoms with Gasteiger partial charge in [0, 0.05) is 23.1 Å². The molecule has 0 bridgehead atoms.